The predicted molar refractivity (Wildman–Crippen MR) is 94.9 cm³/mol. The van der Waals surface area contributed by atoms with Crippen LogP contribution in [0.2, 0.25) is 5.02 Å². The van der Waals surface area contributed by atoms with Crippen molar-refractivity contribution in [2.75, 3.05) is 32.1 Å². The topological polar surface area (TPSA) is 45.7 Å². The smallest absolute Gasteiger partial charge is 0.219 e. The number of piperidine rings is 1. The van der Waals surface area contributed by atoms with Gasteiger partial charge in [0.1, 0.15) is 11.3 Å². The molecular weight excluding hydrogens is 334 g/mol. The first kappa shape index (κ1) is 16.3. The van der Waals surface area contributed by atoms with Gasteiger partial charge in [0.05, 0.1) is 16.8 Å². The fourth-order valence-electron chi connectivity index (χ4n) is 2.94. The highest BCUT2D eigenvalue weighted by molar-refractivity contribution is 7.22. The highest BCUT2D eigenvalue weighted by Gasteiger charge is 2.26. The lowest BCUT2D eigenvalue weighted by molar-refractivity contribution is -0.129. The molecule has 0 atom stereocenters. The Morgan fingerprint density at radius 3 is 2.74 bits per heavy atom. The molecule has 2 heterocycles. The van der Waals surface area contributed by atoms with Crippen molar-refractivity contribution < 1.29 is 9.53 Å². The second-order valence-electron chi connectivity index (χ2n) is 5.77. The zero-order valence-electron chi connectivity index (χ0n) is 13.5. The number of hydrogen-bond acceptors (Lipinski definition) is 5. The zero-order valence-corrected chi connectivity index (χ0v) is 15.1. The Balaban J connectivity index is 1.80. The average Bonchev–Trinajstić information content (AvgIpc) is 3.01. The van der Waals surface area contributed by atoms with Gasteiger partial charge in [0, 0.05) is 33.1 Å². The third-order valence-electron chi connectivity index (χ3n) is 4.45. The third-order valence-corrected chi connectivity index (χ3v) is 6.02. The molecule has 0 saturated carbocycles. The highest BCUT2D eigenvalue weighted by atomic mass is 35.5. The van der Waals surface area contributed by atoms with E-state index in [2.05, 4.69) is 4.90 Å². The van der Waals surface area contributed by atoms with Crippen molar-refractivity contribution in [3.8, 4) is 5.75 Å². The largest absolute Gasteiger partial charge is 0.494 e. The van der Waals surface area contributed by atoms with E-state index in [1.807, 2.05) is 24.1 Å². The molecule has 0 bridgehead atoms. The summed E-state index contributed by atoms with van der Waals surface area (Å²) in [4.78, 5) is 20.3. The molecule has 1 saturated heterocycles. The van der Waals surface area contributed by atoms with Gasteiger partial charge >= 0.3 is 0 Å². The summed E-state index contributed by atoms with van der Waals surface area (Å²) >= 11 is 7.89. The van der Waals surface area contributed by atoms with Gasteiger partial charge in [-0.2, -0.15) is 0 Å². The Morgan fingerprint density at radius 2 is 2.13 bits per heavy atom. The number of amides is 1. The van der Waals surface area contributed by atoms with Crippen LogP contribution in [0.15, 0.2) is 12.1 Å². The van der Waals surface area contributed by atoms with Crippen LogP contribution in [-0.4, -0.2) is 49.1 Å². The second-order valence-corrected chi connectivity index (χ2v) is 7.16. The number of ether oxygens (including phenoxy) is 1. The van der Waals surface area contributed by atoms with E-state index < -0.39 is 0 Å². The van der Waals surface area contributed by atoms with Crippen molar-refractivity contribution in [1.29, 1.82) is 0 Å². The third kappa shape index (κ3) is 3.10. The molecule has 2 aromatic rings. The van der Waals surface area contributed by atoms with E-state index in [1.54, 1.807) is 25.4 Å². The van der Waals surface area contributed by atoms with Gasteiger partial charge in [-0.15, -0.1) is 0 Å². The Morgan fingerprint density at radius 1 is 1.43 bits per heavy atom. The molecule has 0 spiro atoms. The fourth-order valence-corrected chi connectivity index (χ4v) is 4.25. The van der Waals surface area contributed by atoms with E-state index in [0.29, 0.717) is 11.1 Å². The van der Waals surface area contributed by atoms with Gasteiger partial charge in [-0.25, -0.2) is 4.98 Å². The van der Waals surface area contributed by atoms with Gasteiger partial charge in [-0.05, 0) is 25.0 Å². The Hall–Kier alpha value is -1.53. The molecule has 3 rings (SSSR count). The fraction of sp³-hybridized carbons (Fsp3) is 0.500. The number of fused-ring (bicyclic) bond motifs is 1. The molecule has 1 aliphatic heterocycles. The second kappa shape index (κ2) is 6.53. The van der Waals surface area contributed by atoms with Crippen LogP contribution < -0.4 is 9.64 Å². The van der Waals surface area contributed by atoms with Crippen molar-refractivity contribution in [3.63, 3.8) is 0 Å². The minimum atomic E-state index is 0.125. The normalized spacial score (nSPS) is 15.9. The number of thiazole rings is 1. The number of nitrogens with zero attached hydrogens (tertiary/aromatic N) is 3. The molecule has 1 aromatic carbocycles. The summed E-state index contributed by atoms with van der Waals surface area (Å²) < 4.78 is 6.34. The molecule has 0 N–H and O–H groups in total. The SMILES string of the molecule is COc1ccc(Cl)c2sc(N3CCC(N(C)C(C)=O)CC3)nc12. The highest BCUT2D eigenvalue weighted by Crippen LogP contribution is 2.39. The van der Waals surface area contributed by atoms with Gasteiger partial charge in [0.25, 0.3) is 0 Å². The summed E-state index contributed by atoms with van der Waals surface area (Å²) in [6.07, 6.45) is 1.91. The number of hydrogen-bond donors (Lipinski definition) is 0. The summed E-state index contributed by atoms with van der Waals surface area (Å²) in [5.41, 5.74) is 0.822. The van der Waals surface area contributed by atoms with E-state index in [-0.39, 0.29) is 5.91 Å². The number of benzene rings is 1. The number of carbonyl (C=O) groups is 1. The molecule has 0 aliphatic carbocycles. The lowest BCUT2D eigenvalue weighted by Crippen LogP contribution is -2.45. The first-order valence-electron chi connectivity index (χ1n) is 7.62. The van der Waals surface area contributed by atoms with E-state index in [0.717, 1.165) is 47.0 Å². The van der Waals surface area contributed by atoms with Crippen LogP contribution >= 0.6 is 22.9 Å². The Kier molecular flexibility index (Phi) is 4.64. The van der Waals surface area contributed by atoms with Gasteiger partial charge in [0.2, 0.25) is 5.91 Å². The summed E-state index contributed by atoms with van der Waals surface area (Å²) in [6.45, 7) is 3.40. The minimum Gasteiger partial charge on any atom is -0.494 e. The molecule has 0 radical (unpaired) electrons. The summed E-state index contributed by atoms with van der Waals surface area (Å²) in [6, 6.07) is 4.01. The molecule has 0 unspecified atom stereocenters. The Bertz CT molecular complexity index is 725. The van der Waals surface area contributed by atoms with Gasteiger partial charge in [-0.1, -0.05) is 22.9 Å². The van der Waals surface area contributed by atoms with E-state index in [9.17, 15) is 4.79 Å². The zero-order chi connectivity index (χ0) is 16.6. The number of halogens is 1. The van der Waals surface area contributed by atoms with E-state index in [1.165, 1.54) is 0 Å². The quantitative estimate of drug-likeness (QED) is 0.848. The summed E-state index contributed by atoms with van der Waals surface area (Å²) in [5.74, 6) is 0.873. The van der Waals surface area contributed by atoms with Crippen molar-refractivity contribution in [3.05, 3.63) is 17.2 Å². The van der Waals surface area contributed by atoms with Crippen LogP contribution in [0.3, 0.4) is 0 Å². The van der Waals surface area contributed by atoms with E-state index >= 15 is 0 Å². The minimum absolute atomic E-state index is 0.125. The van der Waals surface area contributed by atoms with Crippen LogP contribution in [0, 0.1) is 0 Å². The van der Waals surface area contributed by atoms with Gasteiger partial charge in [0.15, 0.2) is 5.13 Å². The summed E-state index contributed by atoms with van der Waals surface area (Å²) in [7, 11) is 3.52. The Labute approximate surface area is 144 Å². The molecular formula is C16H20ClN3O2S. The van der Waals surface area contributed by atoms with Crippen molar-refractivity contribution in [2.24, 2.45) is 0 Å². The molecule has 7 heteroatoms. The van der Waals surface area contributed by atoms with E-state index in [4.69, 9.17) is 21.3 Å². The number of rotatable bonds is 3. The molecule has 23 heavy (non-hydrogen) atoms. The van der Waals surface area contributed by atoms with Gasteiger partial charge in [-0.3, -0.25) is 4.79 Å². The molecule has 1 aromatic heterocycles. The first-order valence-corrected chi connectivity index (χ1v) is 8.82. The number of anilines is 1. The molecule has 1 fully saturated rings. The van der Waals surface area contributed by atoms with Crippen LogP contribution in [0.25, 0.3) is 10.2 Å². The maximum Gasteiger partial charge on any atom is 0.219 e. The van der Waals surface area contributed by atoms with Crippen LogP contribution in [0.1, 0.15) is 19.8 Å². The van der Waals surface area contributed by atoms with Crippen molar-refractivity contribution in [1.82, 2.24) is 9.88 Å². The van der Waals surface area contributed by atoms with Crippen LogP contribution in [0.5, 0.6) is 5.75 Å². The molecule has 124 valence electrons. The van der Waals surface area contributed by atoms with Crippen LogP contribution in [0.4, 0.5) is 5.13 Å². The number of aromatic nitrogens is 1. The van der Waals surface area contributed by atoms with Gasteiger partial charge < -0.3 is 14.5 Å². The van der Waals surface area contributed by atoms with Crippen molar-refractivity contribution in [2.45, 2.75) is 25.8 Å². The summed E-state index contributed by atoms with van der Waals surface area (Å²) in [5, 5.41) is 1.67. The monoisotopic (exact) mass is 353 g/mol. The molecule has 5 nitrogen and oxygen atoms in total. The molecule has 1 aliphatic rings. The van der Waals surface area contributed by atoms with Crippen molar-refractivity contribution >= 4 is 44.2 Å². The average molecular weight is 354 g/mol. The maximum atomic E-state index is 11.5. The molecule has 1 amide bonds. The van der Waals surface area contributed by atoms with Crippen LogP contribution in [-0.2, 0) is 4.79 Å². The number of carbonyl (C=O) groups excluding carboxylic acids is 1. The number of methoxy groups -OCH3 is 1. The standard InChI is InChI=1S/C16H20ClN3O2S/c1-10(21)19(2)11-6-8-20(9-7-11)16-18-14-13(22-3)5-4-12(17)15(14)23-16/h4-5,11H,6-9H2,1-3H3. The lowest BCUT2D eigenvalue weighted by atomic mass is 10.0. The maximum absolute atomic E-state index is 11.5. The lowest BCUT2D eigenvalue weighted by Gasteiger charge is -2.36. The first-order chi connectivity index (χ1) is 11.0. The predicted octanol–water partition coefficient (Wildman–Crippen LogP) is 3.41.